The lowest BCUT2D eigenvalue weighted by molar-refractivity contribution is 0.250. The van der Waals surface area contributed by atoms with E-state index in [9.17, 15) is 0 Å². The number of rotatable bonds is 2. The van der Waals surface area contributed by atoms with E-state index in [1.54, 1.807) is 6.26 Å². The number of likely N-dealkylation sites (tertiary alicyclic amines) is 1. The molecule has 0 amide bonds. The van der Waals surface area contributed by atoms with Gasteiger partial charge in [-0.1, -0.05) is 0 Å². The van der Waals surface area contributed by atoms with Crippen molar-refractivity contribution < 1.29 is 4.42 Å². The van der Waals surface area contributed by atoms with Gasteiger partial charge in [-0.3, -0.25) is 0 Å². The van der Waals surface area contributed by atoms with Crippen molar-refractivity contribution in [2.45, 2.75) is 18.9 Å². The maximum Gasteiger partial charge on any atom is 0.195 e. The third-order valence-electron chi connectivity index (χ3n) is 3.09. The molecule has 0 aromatic carbocycles. The monoisotopic (exact) mass is 194 g/mol. The topological polar surface area (TPSA) is 19.6 Å². The number of furan rings is 1. The van der Waals surface area contributed by atoms with Gasteiger partial charge in [-0.25, -0.2) is 0 Å². The Morgan fingerprint density at radius 2 is 2.14 bits per heavy atom. The second kappa shape index (κ2) is 4.05. The van der Waals surface area contributed by atoms with E-state index in [1.165, 1.54) is 25.9 Å². The first kappa shape index (κ1) is 9.59. The lowest BCUT2D eigenvalue weighted by Gasteiger charge is -2.34. The van der Waals surface area contributed by atoms with E-state index < -0.39 is 0 Å². The van der Waals surface area contributed by atoms with Gasteiger partial charge in [0.05, 0.1) is 6.26 Å². The van der Waals surface area contributed by atoms with Crippen LogP contribution in [0.25, 0.3) is 0 Å². The highest BCUT2D eigenvalue weighted by atomic mass is 16.3. The molecule has 1 fully saturated rings. The van der Waals surface area contributed by atoms with Gasteiger partial charge >= 0.3 is 0 Å². The molecule has 0 atom stereocenters. The van der Waals surface area contributed by atoms with Crippen molar-refractivity contribution in [3.63, 3.8) is 0 Å². The van der Waals surface area contributed by atoms with E-state index in [2.05, 4.69) is 23.9 Å². The quantitative estimate of drug-likeness (QED) is 0.716. The zero-order valence-corrected chi connectivity index (χ0v) is 8.94. The Balaban J connectivity index is 1.95. The Labute approximate surface area is 85.3 Å². The molecule has 78 valence electrons. The highest BCUT2D eigenvalue weighted by molar-refractivity contribution is 5.34. The van der Waals surface area contributed by atoms with Crippen molar-refractivity contribution in [1.29, 1.82) is 0 Å². The van der Waals surface area contributed by atoms with E-state index >= 15 is 0 Å². The first-order valence-electron chi connectivity index (χ1n) is 5.22. The Morgan fingerprint density at radius 3 is 2.71 bits per heavy atom. The Kier molecular flexibility index (Phi) is 2.77. The molecule has 14 heavy (non-hydrogen) atoms. The highest BCUT2D eigenvalue weighted by Gasteiger charge is 2.21. The normalized spacial score (nSPS) is 19.9. The van der Waals surface area contributed by atoms with Gasteiger partial charge in [0.2, 0.25) is 0 Å². The van der Waals surface area contributed by atoms with Crippen molar-refractivity contribution in [3.8, 4) is 0 Å². The Hall–Kier alpha value is -0.960. The summed E-state index contributed by atoms with van der Waals surface area (Å²) >= 11 is 0. The van der Waals surface area contributed by atoms with Crippen LogP contribution in [0.1, 0.15) is 12.8 Å². The SMILES string of the molecule is CN1CCC(N(C)c2ccco2)CC1. The predicted octanol–water partition coefficient (Wildman–Crippen LogP) is 1.81. The largest absolute Gasteiger partial charge is 0.449 e. The average Bonchev–Trinajstić information content (AvgIpc) is 2.71. The third-order valence-corrected chi connectivity index (χ3v) is 3.09. The van der Waals surface area contributed by atoms with Crippen LogP contribution in [0.4, 0.5) is 5.88 Å². The summed E-state index contributed by atoms with van der Waals surface area (Å²) in [5, 5.41) is 0. The number of hydrogen-bond acceptors (Lipinski definition) is 3. The van der Waals surface area contributed by atoms with E-state index in [0.29, 0.717) is 6.04 Å². The number of nitrogens with zero attached hydrogens (tertiary/aromatic N) is 2. The van der Waals surface area contributed by atoms with Crippen molar-refractivity contribution in [2.24, 2.45) is 0 Å². The van der Waals surface area contributed by atoms with Crippen LogP contribution in [0, 0.1) is 0 Å². The number of anilines is 1. The van der Waals surface area contributed by atoms with Crippen LogP contribution in [0.5, 0.6) is 0 Å². The van der Waals surface area contributed by atoms with E-state index in [0.717, 1.165) is 5.88 Å². The van der Waals surface area contributed by atoms with Crippen LogP contribution < -0.4 is 4.90 Å². The summed E-state index contributed by atoms with van der Waals surface area (Å²) in [6, 6.07) is 4.61. The minimum atomic E-state index is 0.636. The van der Waals surface area contributed by atoms with Crippen LogP contribution >= 0.6 is 0 Å². The molecule has 2 rings (SSSR count). The molecule has 0 aliphatic carbocycles. The van der Waals surface area contributed by atoms with Crippen LogP contribution in [0.3, 0.4) is 0 Å². The van der Waals surface area contributed by atoms with Gasteiger partial charge in [0, 0.05) is 19.2 Å². The zero-order valence-electron chi connectivity index (χ0n) is 8.94. The van der Waals surface area contributed by atoms with Crippen LogP contribution in [-0.2, 0) is 0 Å². The molecule has 1 aliphatic rings. The summed E-state index contributed by atoms with van der Waals surface area (Å²) in [5.74, 6) is 0.986. The van der Waals surface area contributed by atoms with E-state index in [4.69, 9.17) is 4.42 Å². The summed E-state index contributed by atoms with van der Waals surface area (Å²) in [7, 11) is 4.30. The molecule has 0 saturated carbocycles. The molecule has 1 aliphatic heterocycles. The minimum absolute atomic E-state index is 0.636. The molecule has 1 saturated heterocycles. The summed E-state index contributed by atoms with van der Waals surface area (Å²) in [6.45, 7) is 2.38. The van der Waals surface area contributed by atoms with Gasteiger partial charge in [-0.15, -0.1) is 0 Å². The predicted molar refractivity (Wildman–Crippen MR) is 57.6 cm³/mol. The van der Waals surface area contributed by atoms with Crippen molar-refractivity contribution in [3.05, 3.63) is 18.4 Å². The molecule has 2 heterocycles. The molecule has 3 nitrogen and oxygen atoms in total. The van der Waals surface area contributed by atoms with Gasteiger partial charge in [0.25, 0.3) is 0 Å². The molecular weight excluding hydrogens is 176 g/mol. The molecular formula is C11H18N2O. The molecule has 0 spiro atoms. The lowest BCUT2D eigenvalue weighted by atomic mass is 10.0. The molecule has 0 unspecified atom stereocenters. The molecule has 1 aromatic rings. The maximum absolute atomic E-state index is 5.39. The van der Waals surface area contributed by atoms with Gasteiger partial charge in [0.15, 0.2) is 5.88 Å². The molecule has 0 bridgehead atoms. The fourth-order valence-electron chi connectivity index (χ4n) is 2.03. The fraction of sp³-hybridized carbons (Fsp3) is 0.636. The lowest BCUT2D eigenvalue weighted by Crippen LogP contribution is -2.41. The van der Waals surface area contributed by atoms with Gasteiger partial charge in [-0.2, -0.15) is 0 Å². The molecule has 0 radical (unpaired) electrons. The summed E-state index contributed by atoms with van der Waals surface area (Å²) < 4.78 is 5.39. The molecule has 3 heteroatoms. The summed E-state index contributed by atoms with van der Waals surface area (Å²) in [4.78, 5) is 4.64. The number of piperidine rings is 1. The second-order valence-electron chi connectivity index (χ2n) is 4.10. The van der Waals surface area contributed by atoms with Gasteiger partial charge in [-0.05, 0) is 39.0 Å². The van der Waals surface area contributed by atoms with Gasteiger partial charge in [0.1, 0.15) is 0 Å². The maximum atomic E-state index is 5.39. The Morgan fingerprint density at radius 1 is 1.43 bits per heavy atom. The molecule has 0 N–H and O–H groups in total. The first-order chi connectivity index (χ1) is 6.77. The molecule has 1 aromatic heterocycles. The summed E-state index contributed by atoms with van der Waals surface area (Å²) in [5.41, 5.74) is 0. The van der Waals surface area contributed by atoms with E-state index in [1.807, 2.05) is 12.1 Å². The van der Waals surface area contributed by atoms with Crippen molar-refractivity contribution >= 4 is 5.88 Å². The number of hydrogen-bond donors (Lipinski definition) is 0. The summed E-state index contributed by atoms with van der Waals surface area (Å²) in [6.07, 6.45) is 4.20. The third kappa shape index (κ3) is 1.93. The zero-order chi connectivity index (χ0) is 9.97. The van der Waals surface area contributed by atoms with Crippen LogP contribution in [0.15, 0.2) is 22.8 Å². The minimum Gasteiger partial charge on any atom is -0.449 e. The average molecular weight is 194 g/mol. The standard InChI is InChI=1S/C11H18N2O/c1-12-7-5-10(6-8-12)13(2)11-4-3-9-14-11/h3-4,9-10H,5-8H2,1-2H3. The van der Waals surface area contributed by atoms with Crippen LogP contribution in [-0.4, -0.2) is 38.1 Å². The van der Waals surface area contributed by atoms with Crippen LogP contribution in [0.2, 0.25) is 0 Å². The smallest absolute Gasteiger partial charge is 0.195 e. The van der Waals surface area contributed by atoms with Crippen molar-refractivity contribution in [1.82, 2.24) is 4.90 Å². The highest BCUT2D eigenvalue weighted by Crippen LogP contribution is 2.21. The van der Waals surface area contributed by atoms with E-state index in [-0.39, 0.29) is 0 Å². The fourth-order valence-corrected chi connectivity index (χ4v) is 2.03. The second-order valence-corrected chi connectivity index (χ2v) is 4.10. The van der Waals surface area contributed by atoms with Crippen molar-refractivity contribution in [2.75, 3.05) is 32.1 Å². The first-order valence-corrected chi connectivity index (χ1v) is 5.22. The Bertz CT molecular complexity index is 263. The van der Waals surface area contributed by atoms with Gasteiger partial charge < -0.3 is 14.2 Å².